The number of esters is 1. The van der Waals surface area contributed by atoms with E-state index in [0.29, 0.717) is 37.4 Å². The van der Waals surface area contributed by atoms with Crippen LogP contribution in [-0.2, 0) is 35.3 Å². The Hall–Kier alpha value is -3.32. The summed E-state index contributed by atoms with van der Waals surface area (Å²) in [6.07, 6.45) is 0.0848. The molecule has 3 rings (SSSR count). The number of ether oxygens (including phenoxy) is 1. The number of carbonyl (C=O) groups excluding carboxylic acids is 5. The summed E-state index contributed by atoms with van der Waals surface area (Å²) in [6, 6.07) is 3.80. The number of anilines is 1. The largest absolute Gasteiger partial charge is 0.461 e. The van der Waals surface area contributed by atoms with Crippen molar-refractivity contribution in [2.45, 2.75) is 137 Å². The Bertz CT molecular complexity index is 1390. The summed E-state index contributed by atoms with van der Waals surface area (Å²) in [4.78, 5) is 65.7. The van der Waals surface area contributed by atoms with Gasteiger partial charge in [-0.2, -0.15) is 13.2 Å². The van der Waals surface area contributed by atoms with Crippen LogP contribution >= 0.6 is 0 Å². The SMILES string of the molecule is CC(C)C(=O)OCc1ccc(NC(=O)[C@@H](CC(=O)[C@@H](N[C@H](CCCCCN2C(=O)CC(C(C)C)C2=O)C(F)(F)F)C(C)C)CC2CCC(CN)CC2)cc1. The van der Waals surface area contributed by atoms with Crippen LogP contribution in [0, 0.1) is 41.4 Å². The Balaban J connectivity index is 1.65. The Kier molecular flexibility index (Phi) is 17.6. The van der Waals surface area contributed by atoms with Gasteiger partial charge in [0.2, 0.25) is 17.7 Å². The quantitative estimate of drug-likeness (QED) is 0.0677. The highest BCUT2D eigenvalue weighted by Crippen LogP contribution is 2.34. The maximum atomic E-state index is 14.4. The number of nitrogens with one attached hydrogen (secondary N) is 2. The van der Waals surface area contributed by atoms with E-state index in [-0.39, 0.29) is 86.2 Å². The van der Waals surface area contributed by atoms with Gasteiger partial charge in [0.1, 0.15) is 12.6 Å². The van der Waals surface area contributed by atoms with Gasteiger partial charge in [0.25, 0.3) is 0 Å². The minimum absolute atomic E-state index is 0.0371. The van der Waals surface area contributed by atoms with Crippen molar-refractivity contribution in [3.8, 4) is 0 Å². The first kappa shape index (κ1) is 45.1. The van der Waals surface area contributed by atoms with E-state index in [0.717, 1.165) is 31.2 Å². The first-order valence-corrected chi connectivity index (χ1v) is 19.9. The minimum Gasteiger partial charge on any atom is -0.461 e. The average molecular weight is 765 g/mol. The lowest BCUT2D eigenvalue weighted by Crippen LogP contribution is -2.53. The number of likely N-dealkylation sites (tertiary alicyclic amines) is 1. The number of halogens is 3. The normalized spacial score (nSPS) is 21.1. The molecule has 304 valence electrons. The van der Waals surface area contributed by atoms with Gasteiger partial charge < -0.3 is 15.8 Å². The van der Waals surface area contributed by atoms with Crippen LogP contribution in [0.25, 0.3) is 0 Å². The molecule has 2 aliphatic rings. The number of rotatable bonds is 21. The first-order chi connectivity index (χ1) is 25.4. The summed E-state index contributed by atoms with van der Waals surface area (Å²) in [6.45, 7) is 11.5. The molecule has 1 aliphatic heterocycles. The van der Waals surface area contributed by atoms with Gasteiger partial charge in [0.05, 0.1) is 12.0 Å². The number of nitrogens with two attached hydrogens (primary N) is 1. The Labute approximate surface area is 319 Å². The van der Waals surface area contributed by atoms with Crippen molar-refractivity contribution >= 4 is 35.2 Å². The van der Waals surface area contributed by atoms with E-state index in [4.69, 9.17) is 10.5 Å². The molecule has 1 aromatic carbocycles. The fourth-order valence-electron chi connectivity index (χ4n) is 7.48. The van der Waals surface area contributed by atoms with Gasteiger partial charge in [-0.1, -0.05) is 79.4 Å². The molecular weight excluding hydrogens is 701 g/mol. The molecule has 0 spiro atoms. The minimum atomic E-state index is -4.61. The van der Waals surface area contributed by atoms with Crippen molar-refractivity contribution < 1.29 is 41.9 Å². The molecular formula is C41H63F3N4O6. The Morgan fingerprint density at radius 1 is 0.926 bits per heavy atom. The van der Waals surface area contributed by atoms with Crippen molar-refractivity contribution in [1.82, 2.24) is 10.2 Å². The lowest BCUT2D eigenvalue weighted by Gasteiger charge is -2.32. The highest BCUT2D eigenvalue weighted by atomic mass is 19.4. The van der Waals surface area contributed by atoms with E-state index in [2.05, 4.69) is 10.6 Å². The van der Waals surface area contributed by atoms with E-state index < -0.39 is 35.9 Å². The number of benzene rings is 1. The number of unbranched alkanes of at least 4 members (excludes halogenated alkanes) is 2. The van der Waals surface area contributed by atoms with Crippen molar-refractivity contribution in [1.29, 1.82) is 0 Å². The first-order valence-electron chi connectivity index (χ1n) is 19.9. The molecule has 1 saturated carbocycles. The molecule has 1 saturated heterocycles. The van der Waals surface area contributed by atoms with Gasteiger partial charge in [0.15, 0.2) is 5.78 Å². The standard InChI is InChI=1S/C41H63F3N4O6/c1-25(2)33-22-36(50)48(39(33)52)19-9-7-8-10-35(41(42,43)44)47-37(26(3)4)34(49)21-31(20-28-11-13-29(23-45)14-12-28)38(51)46-32-17-15-30(16-18-32)24-54-40(53)27(5)6/h15-18,25-29,31,33,35,37,47H,7-14,19-24,45H2,1-6H3,(H,46,51)/t28?,29?,31-,33?,35-,37+/m1/s1. The van der Waals surface area contributed by atoms with Crippen molar-refractivity contribution in [3.63, 3.8) is 0 Å². The second-order valence-electron chi connectivity index (χ2n) is 16.4. The molecule has 1 heterocycles. The summed E-state index contributed by atoms with van der Waals surface area (Å²) in [5, 5.41) is 5.54. The second-order valence-corrected chi connectivity index (χ2v) is 16.4. The number of imide groups is 1. The molecule has 1 aromatic rings. The maximum absolute atomic E-state index is 14.4. The van der Waals surface area contributed by atoms with E-state index >= 15 is 0 Å². The third kappa shape index (κ3) is 13.8. The third-order valence-corrected chi connectivity index (χ3v) is 11.1. The number of hydrogen-bond acceptors (Lipinski definition) is 8. The van der Waals surface area contributed by atoms with Crippen LogP contribution < -0.4 is 16.4 Å². The monoisotopic (exact) mass is 764 g/mol. The lowest BCUT2D eigenvalue weighted by atomic mass is 9.76. The predicted octanol–water partition coefficient (Wildman–Crippen LogP) is 7.19. The molecule has 2 fully saturated rings. The highest BCUT2D eigenvalue weighted by Gasteiger charge is 2.43. The molecule has 1 aliphatic carbocycles. The van der Waals surface area contributed by atoms with E-state index in [1.165, 1.54) is 4.90 Å². The van der Waals surface area contributed by atoms with E-state index in [1.807, 2.05) is 13.8 Å². The number of hydrogen-bond donors (Lipinski definition) is 3. The predicted molar refractivity (Wildman–Crippen MR) is 202 cm³/mol. The fourth-order valence-corrected chi connectivity index (χ4v) is 7.48. The summed E-state index contributed by atoms with van der Waals surface area (Å²) in [7, 11) is 0. The van der Waals surface area contributed by atoms with Gasteiger partial charge in [-0.3, -0.25) is 34.2 Å². The van der Waals surface area contributed by atoms with E-state index in [9.17, 15) is 37.1 Å². The van der Waals surface area contributed by atoms with Gasteiger partial charge >= 0.3 is 12.1 Å². The zero-order chi connectivity index (χ0) is 40.2. The zero-order valence-corrected chi connectivity index (χ0v) is 33.0. The second kappa shape index (κ2) is 21.1. The van der Waals surface area contributed by atoms with Crippen LogP contribution in [0.1, 0.15) is 118 Å². The number of ketones is 1. The van der Waals surface area contributed by atoms with Gasteiger partial charge in [-0.05, 0) is 80.0 Å². The molecule has 10 nitrogen and oxygen atoms in total. The number of Topliss-reactive ketones (excluding diaryl/α,β-unsaturated/α-hetero) is 1. The van der Waals surface area contributed by atoms with Crippen LogP contribution in [0.2, 0.25) is 0 Å². The van der Waals surface area contributed by atoms with Crippen molar-refractivity contribution in [2.24, 2.45) is 47.2 Å². The topological polar surface area (TPSA) is 148 Å². The molecule has 0 aromatic heterocycles. The molecule has 1 unspecified atom stereocenters. The third-order valence-electron chi connectivity index (χ3n) is 11.1. The molecule has 0 radical (unpaired) electrons. The van der Waals surface area contributed by atoms with Gasteiger partial charge in [-0.25, -0.2) is 0 Å². The molecule has 4 N–H and O–H groups in total. The van der Waals surface area contributed by atoms with E-state index in [1.54, 1.807) is 52.0 Å². The number of amides is 3. The smallest absolute Gasteiger partial charge is 0.403 e. The van der Waals surface area contributed by atoms with Crippen LogP contribution in [0.3, 0.4) is 0 Å². The van der Waals surface area contributed by atoms with Crippen LogP contribution in [0.15, 0.2) is 24.3 Å². The Morgan fingerprint density at radius 3 is 2.09 bits per heavy atom. The van der Waals surface area contributed by atoms with Gasteiger partial charge in [-0.15, -0.1) is 0 Å². The molecule has 4 atom stereocenters. The average Bonchev–Trinajstić information content (AvgIpc) is 3.40. The van der Waals surface area contributed by atoms with Crippen LogP contribution in [0.4, 0.5) is 18.9 Å². The molecule has 3 amide bonds. The molecule has 13 heteroatoms. The van der Waals surface area contributed by atoms with Crippen LogP contribution in [0.5, 0.6) is 0 Å². The molecule has 0 bridgehead atoms. The Morgan fingerprint density at radius 2 is 1.56 bits per heavy atom. The fraction of sp³-hybridized carbons (Fsp3) is 0.732. The number of carbonyl (C=O) groups is 5. The number of alkyl halides is 3. The summed E-state index contributed by atoms with van der Waals surface area (Å²) >= 11 is 0. The van der Waals surface area contributed by atoms with Crippen molar-refractivity contribution in [2.75, 3.05) is 18.4 Å². The van der Waals surface area contributed by atoms with Crippen molar-refractivity contribution in [3.05, 3.63) is 29.8 Å². The summed E-state index contributed by atoms with van der Waals surface area (Å²) in [5.41, 5.74) is 7.13. The summed E-state index contributed by atoms with van der Waals surface area (Å²) in [5.74, 6) is -2.75. The molecule has 54 heavy (non-hydrogen) atoms. The zero-order valence-electron chi connectivity index (χ0n) is 33.0. The van der Waals surface area contributed by atoms with Gasteiger partial charge in [0, 0.05) is 36.9 Å². The number of nitrogens with zero attached hydrogens (tertiary/aromatic N) is 1. The summed E-state index contributed by atoms with van der Waals surface area (Å²) < 4.78 is 48.4. The lowest BCUT2D eigenvalue weighted by molar-refractivity contribution is -0.161. The maximum Gasteiger partial charge on any atom is 0.403 e. The van der Waals surface area contributed by atoms with Crippen LogP contribution in [-0.4, -0.2) is 65.7 Å². The highest BCUT2D eigenvalue weighted by molar-refractivity contribution is 6.03.